The number of ether oxygens (including phenoxy) is 2. The largest absolute Gasteiger partial charge is 0.489 e. The summed E-state index contributed by atoms with van der Waals surface area (Å²) in [5.41, 5.74) is 1.12. The number of guanidine groups is 1. The second kappa shape index (κ2) is 13.5. The minimum Gasteiger partial charge on any atom is -0.489 e. The van der Waals surface area contributed by atoms with Crippen LogP contribution in [0.25, 0.3) is 0 Å². The van der Waals surface area contributed by atoms with Crippen molar-refractivity contribution in [2.75, 3.05) is 32.8 Å². The van der Waals surface area contributed by atoms with Gasteiger partial charge < -0.3 is 25.0 Å². The normalized spacial score (nSPS) is 15.9. The van der Waals surface area contributed by atoms with Crippen molar-refractivity contribution in [1.82, 2.24) is 15.5 Å². The molecular formula is C21H35IN4O3. The molecule has 0 bridgehead atoms. The molecule has 1 aromatic carbocycles. The predicted octanol–water partition coefficient (Wildman–Crippen LogP) is 3.56. The number of benzene rings is 1. The number of rotatable bonds is 7. The number of aryl methyl sites for hydroxylation is 1. The Morgan fingerprint density at radius 1 is 1.28 bits per heavy atom. The summed E-state index contributed by atoms with van der Waals surface area (Å²) in [6.45, 7) is 11.1. The van der Waals surface area contributed by atoms with Crippen LogP contribution < -0.4 is 15.4 Å². The molecule has 8 heteroatoms. The summed E-state index contributed by atoms with van der Waals surface area (Å²) < 4.78 is 11.1. The van der Waals surface area contributed by atoms with E-state index in [2.05, 4.69) is 15.6 Å². The van der Waals surface area contributed by atoms with Crippen LogP contribution in [0.15, 0.2) is 29.3 Å². The smallest absolute Gasteiger partial charge is 0.409 e. The Morgan fingerprint density at radius 3 is 2.59 bits per heavy atom. The Hall–Kier alpha value is -1.71. The van der Waals surface area contributed by atoms with E-state index in [0.29, 0.717) is 26.2 Å². The van der Waals surface area contributed by atoms with E-state index >= 15 is 0 Å². The maximum absolute atomic E-state index is 11.8. The van der Waals surface area contributed by atoms with Gasteiger partial charge in [0.05, 0.1) is 13.2 Å². The van der Waals surface area contributed by atoms with Gasteiger partial charge in [-0.05, 0) is 52.2 Å². The number of aliphatic imine (C=N–C) groups is 1. The number of likely N-dealkylation sites (tertiary alicyclic amines) is 1. The van der Waals surface area contributed by atoms with Crippen molar-refractivity contribution >= 4 is 36.0 Å². The molecule has 0 spiro atoms. The molecule has 0 saturated carbocycles. The van der Waals surface area contributed by atoms with Gasteiger partial charge in [0.1, 0.15) is 11.9 Å². The van der Waals surface area contributed by atoms with Gasteiger partial charge in [0.15, 0.2) is 5.96 Å². The van der Waals surface area contributed by atoms with Crippen LogP contribution in [0.4, 0.5) is 4.79 Å². The number of halogens is 1. The van der Waals surface area contributed by atoms with E-state index < -0.39 is 0 Å². The lowest BCUT2D eigenvalue weighted by Crippen LogP contribution is -2.50. The van der Waals surface area contributed by atoms with Gasteiger partial charge in [0.25, 0.3) is 0 Å². The molecule has 1 aromatic rings. The van der Waals surface area contributed by atoms with Crippen LogP contribution in [0, 0.1) is 6.92 Å². The van der Waals surface area contributed by atoms with Crippen LogP contribution in [0.3, 0.4) is 0 Å². The molecule has 2 N–H and O–H groups in total. The fourth-order valence-corrected chi connectivity index (χ4v) is 3.10. The molecule has 7 nitrogen and oxygen atoms in total. The standard InChI is InChI=1S/C21H34N4O3.HI/c1-5-22-20(23-15-17(4)28-19-10-8-7-9-16(19)3)24-18-11-13-25(14-12-18)21(26)27-6-2;/h7-10,17-18H,5-6,11-15H2,1-4H3,(H2,22,23,24);1H. The van der Waals surface area contributed by atoms with Crippen molar-refractivity contribution in [1.29, 1.82) is 0 Å². The lowest BCUT2D eigenvalue weighted by molar-refractivity contribution is 0.0963. The lowest BCUT2D eigenvalue weighted by atomic mass is 10.1. The molecule has 1 saturated heterocycles. The number of carbonyl (C=O) groups excluding carboxylic acids is 1. The number of carbonyl (C=O) groups is 1. The summed E-state index contributed by atoms with van der Waals surface area (Å²) >= 11 is 0. The number of hydrogen-bond acceptors (Lipinski definition) is 4. The van der Waals surface area contributed by atoms with Crippen LogP contribution in [-0.2, 0) is 4.74 Å². The number of piperidine rings is 1. The third-order valence-electron chi connectivity index (χ3n) is 4.63. The summed E-state index contributed by atoms with van der Waals surface area (Å²) in [6, 6.07) is 8.30. The molecule has 29 heavy (non-hydrogen) atoms. The molecule has 1 atom stereocenters. The Kier molecular flexibility index (Phi) is 11.8. The number of nitrogens with one attached hydrogen (secondary N) is 2. The first-order valence-corrected chi connectivity index (χ1v) is 10.2. The molecule has 2 rings (SSSR count). The van der Waals surface area contributed by atoms with Crippen molar-refractivity contribution in [2.45, 2.75) is 52.7 Å². The van der Waals surface area contributed by atoms with Crippen LogP contribution in [0.1, 0.15) is 39.2 Å². The van der Waals surface area contributed by atoms with Gasteiger partial charge in [-0.2, -0.15) is 0 Å². The van der Waals surface area contributed by atoms with Gasteiger partial charge in [-0.3, -0.25) is 0 Å². The van der Waals surface area contributed by atoms with Crippen molar-refractivity contribution < 1.29 is 14.3 Å². The maximum Gasteiger partial charge on any atom is 0.409 e. The van der Waals surface area contributed by atoms with Crippen molar-refractivity contribution in [2.24, 2.45) is 4.99 Å². The average Bonchev–Trinajstić information content (AvgIpc) is 2.69. The Morgan fingerprint density at radius 2 is 1.97 bits per heavy atom. The molecular weight excluding hydrogens is 483 g/mol. The molecule has 1 fully saturated rings. The quantitative estimate of drug-likeness (QED) is 0.328. The highest BCUT2D eigenvalue weighted by Gasteiger charge is 2.24. The zero-order chi connectivity index (χ0) is 20.4. The fraction of sp³-hybridized carbons (Fsp3) is 0.619. The van der Waals surface area contributed by atoms with Gasteiger partial charge in [0.2, 0.25) is 0 Å². The van der Waals surface area contributed by atoms with E-state index in [0.717, 1.165) is 36.7 Å². The molecule has 0 radical (unpaired) electrons. The molecule has 1 unspecified atom stereocenters. The van der Waals surface area contributed by atoms with Crippen molar-refractivity contribution in [3.05, 3.63) is 29.8 Å². The molecule has 1 aliphatic rings. The lowest BCUT2D eigenvalue weighted by Gasteiger charge is -2.32. The molecule has 1 heterocycles. The van der Waals surface area contributed by atoms with Crippen LogP contribution in [0.5, 0.6) is 5.75 Å². The van der Waals surface area contributed by atoms with E-state index in [1.165, 1.54) is 0 Å². The van der Waals surface area contributed by atoms with Gasteiger partial charge >= 0.3 is 6.09 Å². The molecule has 0 aliphatic carbocycles. The monoisotopic (exact) mass is 518 g/mol. The zero-order valence-corrected chi connectivity index (χ0v) is 20.3. The summed E-state index contributed by atoms with van der Waals surface area (Å²) in [7, 11) is 0. The number of para-hydroxylation sites is 1. The first-order chi connectivity index (χ1) is 13.5. The number of hydrogen-bond donors (Lipinski definition) is 2. The highest BCUT2D eigenvalue weighted by Crippen LogP contribution is 2.17. The fourth-order valence-electron chi connectivity index (χ4n) is 3.10. The van der Waals surface area contributed by atoms with Crippen LogP contribution >= 0.6 is 24.0 Å². The third-order valence-corrected chi connectivity index (χ3v) is 4.63. The topological polar surface area (TPSA) is 75.2 Å². The van der Waals surface area contributed by atoms with Gasteiger partial charge in [0, 0.05) is 25.7 Å². The van der Waals surface area contributed by atoms with Gasteiger partial charge in [-0.25, -0.2) is 9.79 Å². The minimum absolute atomic E-state index is 0. The highest BCUT2D eigenvalue weighted by atomic mass is 127. The molecule has 1 aliphatic heterocycles. The predicted molar refractivity (Wildman–Crippen MR) is 127 cm³/mol. The maximum atomic E-state index is 11.8. The Labute approximate surface area is 191 Å². The van der Waals surface area contributed by atoms with E-state index in [-0.39, 0.29) is 42.2 Å². The molecule has 1 amide bonds. The Balaban J connectivity index is 0.00000420. The highest BCUT2D eigenvalue weighted by molar-refractivity contribution is 14.0. The summed E-state index contributed by atoms with van der Waals surface area (Å²) in [6.07, 6.45) is 1.50. The Bertz CT molecular complexity index is 649. The van der Waals surface area contributed by atoms with Crippen molar-refractivity contribution in [3.63, 3.8) is 0 Å². The second-order valence-electron chi connectivity index (χ2n) is 7.02. The second-order valence-corrected chi connectivity index (χ2v) is 7.02. The summed E-state index contributed by atoms with van der Waals surface area (Å²) in [5, 5.41) is 6.78. The zero-order valence-electron chi connectivity index (χ0n) is 17.9. The molecule has 0 aromatic heterocycles. The molecule has 164 valence electrons. The average molecular weight is 518 g/mol. The SMILES string of the molecule is CCNC(=NCC(C)Oc1ccccc1C)NC1CCN(C(=O)OCC)CC1.I. The van der Waals surface area contributed by atoms with Crippen molar-refractivity contribution in [3.8, 4) is 5.75 Å². The van der Waals surface area contributed by atoms with E-state index in [9.17, 15) is 4.79 Å². The van der Waals surface area contributed by atoms with E-state index in [1.807, 2.05) is 52.0 Å². The van der Waals surface area contributed by atoms with Crippen LogP contribution in [-0.4, -0.2) is 61.9 Å². The van der Waals surface area contributed by atoms with E-state index in [4.69, 9.17) is 9.47 Å². The summed E-state index contributed by atoms with van der Waals surface area (Å²) in [4.78, 5) is 18.3. The summed E-state index contributed by atoms with van der Waals surface area (Å²) in [5.74, 6) is 1.69. The number of amides is 1. The first kappa shape index (κ1) is 25.3. The minimum atomic E-state index is -0.219. The van der Waals surface area contributed by atoms with Crippen LogP contribution in [0.2, 0.25) is 0 Å². The van der Waals surface area contributed by atoms with Gasteiger partial charge in [-0.15, -0.1) is 24.0 Å². The van der Waals surface area contributed by atoms with E-state index in [1.54, 1.807) is 4.90 Å². The first-order valence-electron chi connectivity index (χ1n) is 10.2. The third kappa shape index (κ3) is 8.67. The van der Waals surface area contributed by atoms with Gasteiger partial charge in [-0.1, -0.05) is 18.2 Å². The number of nitrogens with zero attached hydrogens (tertiary/aromatic N) is 2.